The summed E-state index contributed by atoms with van der Waals surface area (Å²) in [6, 6.07) is 2.98. The topological polar surface area (TPSA) is 118 Å². The number of alkyl halides is 3. The van der Waals surface area contributed by atoms with Crippen LogP contribution in [0.15, 0.2) is 60.8 Å². The van der Waals surface area contributed by atoms with E-state index in [1.165, 1.54) is 18.3 Å². The van der Waals surface area contributed by atoms with E-state index in [0.29, 0.717) is 6.07 Å². The summed E-state index contributed by atoms with van der Waals surface area (Å²) in [5.74, 6) is -7.53. The predicted molar refractivity (Wildman–Crippen MR) is 153 cm³/mol. The van der Waals surface area contributed by atoms with E-state index in [1.54, 1.807) is 31.2 Å². The molecule has 2 fully saturated rings. The van der Waals surface area contributed by atoms with Gasteiger partial charge in [-0.05, 0) is 24.3 Å². The number of halogens is 5. The van der Waals surface area contributed by atoms with E-state index in [4.69, 9.17) is 11.6 Å². The van der Waals surface area contributed by atoms with Crippen LogP contribution in [0.2, 0.25) is 0 Å². The van der Waals surface area contributed by atoms with E-state index in [1.807, 2.05) is 6.07 Å². The van der Waals surface area contributed by atoms with Crippen LogP contribution in [0.3, 0.4) is 0 Å². The quantitative estimate of drug-likeness (QED) is 0.357. The largest absolute Gasteiger partial charge is 0.351 e. The fourth-order valence-corrected chi connectivity index (χ4v) is 5.98. The summed E-state index contributed by atoms with van der Waals surface area (Å²) in [6.07, 6.45) is 6.35. The molecule has 2 unspecified atom stereocenters. The molecule has 0 radical (unpaired) electrons. The third-order valence-electron chi connectivity index (χ3n) is 7.94. The summed E-state index contributed by atoms with van der Waals surface area (Å²) >= 11 is 6.72. The maximum atomic E-state index is 14.7. The second kappa shape index (κ2) is 12.0. The van der Waals surface area contributed by atoms with E-state index in [9.17, 15) is 37.2 Å². The van der Waals surface area contributed by atoms with Gasteiger partial charge in [-0.1, -0.05) is 31.2 Å². The van der Waals surface area contributed by atoms with Crippen molar-refractivity contribution in [1.29, 1.82) is 5.26 Å². The van der Waals surface area contributed by atoms with E-state index >= 15 is 0 Å². The zero-order chi connectivity index (χ0) is 31.8. The first-order chi connectivity index (χ1) is 20.8. The van der Waals surface area contributed by atoms with Crippen LogP contribution in [0, 0.1) is 28.4 Å². The number of hydrogen-bond acceptors (Lipinski definition) is 6. The van der Waals surface area contributed by atoms with Gasteiger partial charge in [-0.15, -0.1) is 11.6 Å². The highest BCUT2D eigenvalue weighted by Crippen LogP contribution is 2.42. The molecule has 1 aliphatic heterocycles. The van der Waals surface area contributed by atoms with Crippen molar-refractivity contribution >= 4 is 40.8 Å². The van der Waals surface area contributed by atoms with Crippen LogP contribution >= 0.6 is 11.6 Å². The molecule has 1 saturated carbocycles. The molecule has 0 spiro atoms. The average Bonchev–Trinajstić information content (AvgIpc) is 2.95. The van der Waals surface area contributed by atoms with E-state index < -0.39 is 77.0 Å². The van der Waals surface area contributed by atoms with E-state index in [-0.39, 0.29) is 30.2 Å². The number of anilines is 2. The summed E-state index contributed by atoms with van der Waals surface area (Å²) < 4.78 is 56.8. The molecule has 2 N–H and O–H groups in total. The van der Waals surface area contributed by atoms with Crippen LogP contribution in [0.4, 0.5) is 29.1 Å². The number of nitriles is 1. The van der Waals surface area contributed by atoms with E-state index in [2.05, 4.69) is 15.6 Å². The lowest BCUT2D eigenvalue weighted by atomic mass is 9.74. The molecule has 1 aromatic carbocycles. The molecule has 2 aliphatic carbocycles. The van der Waals surface area contributed by atoms with Gasteiger partial charge in [-0.3, -0.25) is 24.2 Å². The summed E-state index contributed by atoms with van der Waals surface area (Å²) in [4.78, 5) is 48.1. The molecule has 4 atom stereocenters. The molecule has 3 aliphatic rings. The maximum Gasteiger partial charge on any atom is 0.252 e. The van der Waals surface area contributed by atoms with Crippen LogP contribution < -0.4 is 20.4 Å². The predicted octanol–water partition coefficient (Wildman–Crippen LogP) is 3.59. The van der Waals surface area contributed by atoms with Gasteiger partial charge in [0.2, 0.25) is 11.8 Å². The average molecular weight is 631 g/mol. The molecule has 5 rings (SSSR count). The normalized spacial score (nSPS) is 25.1. The lowest BCUT2D eigenvalue weighted by molar-refractivity contribution is -0.135. The van der Waals surface area contributed by atoms with Gasteiger partial charge >= 0.3 is 0 Å². The van der Waals surface area contributed by atoms with E-state index in [0.717, 1.165) is 21.9 Å². The number of piperazine rings is 1. The minimum atomic E-state index is -2.97. The number of pyridine rings is 1. The smallest absolute Gasteiger partial charge is 0.252 e. The minimum Gasteiger partial charge on any atom is -0.351 e. The molecule has 2 aromatic rings. The standard InChI is InChI=1S/C30H27ClF4N6O3/c1-29(6-3-2-4-23(29)31)26(27(43)39-20-12-30(34,35)13-20)40(21-10-18(32)9-19(33)11-21)28(44)22-15-37-16-25(42)41(22)24-8-17(14-36)5-7-38-24/h2-11,20,22-23,26,37H,12-13,15-16H2,1H3,(H,39,43)/t22-,23?,26+,29?/m0/s1. The molecule has 1 aromatic heterocycles. The van der Waals surface area contributed by atoms with Crippen molar-refractivity contribution in [1.82, 2.24) is 15.6 Å². The number of amides is 3. The molecule has 3 amide bonds. The van der Waals surface area contributed by atoms with Crippen molar-refractivity contribution in [3.8, 4) is 6.07 Å². The molecule has 9 nitrogen and oxygen atoms in total. The number of allylic oxidation sites excluding steroid dienone is 3. The zero-order valence-corrected chi connectivity index (χ0v) is 24.1. The molecular formula is C30H27ClF4N6O3. The minimum absolute atomic E-state index is 0.0288. The first-order valence-corrected chi connectivity index (χ1v) is 14.1. The molecule has 0 bridgehead atoms. The second-order valence-corrected chi connectivity index (χ2v) is 11.6. The third kappa shape index (κ3) is 6.05. The Labute approximate surface area is 255 Å². The highest BCUT2D eigenvalue weighted by molar-refractivity contribution is 6.23. The number of carbonyl (C=O) groups excluding carboxylic acids is 3. The van der Waals surface area contributed by atoms with Gasteiger partial charge in [-0.25, -0.2) is 22.5 Å². The van der Waals surface area contributed by atoms with Crippen LogP contribution in [0.1, 0.15) is 25.3 Å². The van der Waals surface area contributed by atoms with Gasteiger partial charge in [0.05, 0.1) is 29.2 Å². The molecule has 1 saturated heterocycles. The molecule has 2 heterocycles. The number of rotatable bonds is 7. The van der Waals surface area contributed by atoms with Gasteiger partial charge in [-0.2, -0.15) is 5.26 Å². The van der Waals surface area contributed by atoms with Gasteiger partial charge in [0, 0.05) is 43.1 Å². The summed E-state index contributed by atoms with van der Waals surface area (Å²) in [5, 5.41) is 13.9. The Morgan fingerprint density at radius 2 is 1.91 bits per heavy atom. The van der Waals surface area contributed by atoms with Crippen molar-refractivity contribution in [2.24, 2.45) is 5.41 Å². The zero-order valence-electron chi connectivity index (χ0n) is 23.3. The van der Waals surface area contributed by atoms with Crippen molar-refractivity contribution in [3.63, 3.8) is 0 Å². The number of carbonyl (C=O) groups is 3. The lowest BCUT2D eigenvalue weighted by Gasteiger charge is -2.47. The van der Waals surface area contributed by atoms with Crippen molar-refractivity contribution in [2.75, 3.05) is 22.9 Å². The molecular weight excluding hydrogens is 604 g/mol. The Bertz CT molecular complexity index is 1570. The number of aromatic nitrogens is 1. The monoisotopic (exact) mass is 630 g/mol. The van der Waals surface area contributed by atoms with Gasteiger partial charge in [0.15, 0.2) is 0 Å². The van der Waals surface area contributed by atoms with Crippen LogP contribution in [0.25, 0.3) is 0 Å². The second-order valence-electron chi connectivity index (χ2n) is 11.1. The molecule has 14 heteroatoms. The highest BCUT2D eigenvalue weighted by atomic mass is 35.5. The van der Waals surface area contributed by atoms with Crippen molar-refractivity contribution in [3.05, 3.63) is 78.0 Å². The Morgan fingerprint density at radius 3 is 2.55 bits per heavy atom. The summed E-state index contributed by atoms with van der Waals surface area (Å²) in [5.41, 5.74) is -1.64. The van der Waals surface area contributed by atoms with Gasteiger partial charge in [0.1, 0.15) is 29.5 Å². The Hall–Kier alpha value is -4.28. The Kier molecular flexibility index (Phi) is 8.51. The SMILES string of the molecule is CC1([C@@H](C(=O)NC2CC(F)(F)C2)N(C(=O)[C@@H]2CNCC(=O)N2c2cc(C#N)ccn2)c2cc(F)cc(F)c2)C=CC=CC1Cl. The fourth-order valence-electron chi connectivity index (χ4n) is 5.70. The van der Waals surface area contributed by atoms with Crippen LogP contribution in [0.5, 0.6) is 0 Å². The lowest BCUT2D eigenvalue weighted by Crippen LogP contribution is -2.68. The first-order valence-electron chi connectivity index (χ1n) is 13.7. The van der Waals surface area contributed by atoms with Gasteiger partial charge in [0.25, 0.3) is 11.8 Å². The highest BCUT2D eigenvalue weighted by Gasteiger charge is 2.53. The number of benzene rings is 1. The number of hydrogen-bond donors (Lipinski definition) is 2. The summed E-state index contributed by atoms with van der Waals surface area (Å²) in [6.45, 7) is 1.21. The first kappa shape index (κ1) is 31.2. The molecule has 230 valence electrons. The van der Waals surface area contributed by atoms with Crippen molar-refractivity contribution < 1.29 is 31.9 Å². The third-order valence-corrected chi connectivity index (χ3v) is 8.55. The maximum absolute atomic E-state index is 14.7. The molecule has 44 heavy (non-hydrogen) atoms. The fraction of sp³-hybridized carbons (Fsp3) is 0.367. The number of nitrogens with zero attached hydrogens (tertiary/aromatic N) is 4. The number of nitrogens with one attached hydrogen (secondary N) is 2. The van der Waals surface area contributed by atoms with Crippen molar-refractivity contribution in [2.45, 2.75) is 49.2 Å². The summed E-state index contributed by atoms with van der Waals surface area (Å²) in [7, 11) is 0. The Morgan fingerprint density at radius 1 is 1.20 bits per heavy atom. The Balaban J connectivity index is 1.65. The van der Waals surface area contributed by atoms with Gasteiger partial charge < -0.3 is 10.6 Å². The van der Waals surface area contributed by atoms with Crippen LogP contribution in [-0.4, -0.2) is 65.2 Å². The van der Waals surface area contributed by atoms with Crippen LogP contribution in [-0.2, 0) is 14.4 Å².